The van der Waals surface area contributed by atoms with Gasteiger partial charge in [-0.3, -0.25) is 14.9 Å². The molecule has 0 spiro atoms. The van der Waals surface area contributed by atoms with Gasteiger partial charge in [0.05, 0.1) is 16.3 Å². The summed E-state index contributed by atoms with van der Waals surface area (Å²) in [7, 11) is 0. The van der Waals surface area contributed by atoms with Gasteiger partial charge in [-0.15, -0.1) is 0 Å². The fraction of sp³-hybridized carbons (Fsp3) is 0.214. The van der Waals surface area contributed by atoms with E-state index in [0.717, 1.165) is 23.0 Å². The molecule has 3 rings (SSSR count). The van der Waals surface area contributed by atoms with Crippen molar-refractivity contribution < 1.29 is 9.59 Å². The molecule has 1 aliphatic heterocycles. The van der Waals surface area contributed by atoms with Crippen molar-refractivity contribution in [3.63, 3.8) is 0 Å². The molecular weight excluding hydrogens is 390 g/mol. The van der Waals surface area contributed by atoms with E-state index in [1.54, 1.807) is 18.2 Å². The number of aromatic nitrogens is 1. The monoisotopic (exact) mass is 399 g/mol. The van der Waals surface area contributed by atoms with Crippen molar-refractivity contribution in [3.05, 3.63) is 43.8 Å². The predicted octanol–water partition coefficient (Wildman–Crippen LogP) is 3.49. The Hall–Kier alpha value is -1.44. The third-order valence-corrected chi connectivity index (χ3v) is 5.01. The zero-order valence-electron chi connectivity index (χ0n) is 11.3. The van der Waals surface area contributed by atoms with Gasteiger partial charge < -0.3 is 5.32 Å². The lowest BCUT2D eigenvalue weighted by molar-refractivity contribution is 0.0958. The summed E-state index contributed by atoms with van der Waals surface area (Å²) in [6.07, 6.45) is 1.56. The molecule has 0 saturated heterocycles. The van der Waals surface area contributed by atoms with E-state index in [1.165, 1.54) is 11.3 Å². The summed E-state index contributed by atoms with van der Waals surface area (Å²) in [5.74, 6) is -0.485. The first-order valence-electron chi connectivity index (χ1n) is 6.59. The standard InChI is InChI=1S/C14H11BrClN3O2S/c15-7-3-4-9(16)8(6-7)12(20)19-14-18-10-2-1-5-17-13(21)11(10)22-14/h3-4,6H,1-2,5H2,(H,17,21)(H,18,19,20). The second kappa shape index (κ2) is 6.36. The molecule has 2 amide bonds. The van der Waals surface area contributed by atoms with Crippen molar-refractivity contribution in [3.8, 4) is 0 Å². The molecule has 2 heterocycles. The number of fused-ring (bicyclic) bond motifs is 1. The third-order valence-electron chi connectivity index (χ3n) is 3.17. The number of nitrogens with one attached hydrogen (secondary N) is 2. The molecule has 0 aliphatic carbocycles. The van der Waals surface area contributed by atoms with Crippen LogP contribution in [0.5, 0.6) is 0 Å². The summed E-state index contributed by atoms with van der Waals surface area (Å²) in [5.41, 5.74) is 1.08. The van der Waals surface area contributed by atoms with Gasteiger partial charge in [-0.25, -0.2) is 4.98 Å². The highest BCUT2D eigenvalue weighted by Crippen LogP contribution is 2.27. The number of rotatable bonds is 2. The van der Waals surface area contributed by atoms with E-state index in [4.69, 9.17) is 11.6 Å². The number of halogens is 2. The molecule has 1 aromatic heterocycles. The first kappa shape index (κ1) is 15.5. The lowest BCUT2D eigenvalue weighted by atomic mass is 10.2. The van der Waals surface area contributed by atoms with E-state index in [2.05, 4.69) is 31.5 Å². The summed E-state index contributed by atoms with van der Waals surface area (Å²) < 4.78 is 0.761. The molecule has 2 aromatic rings. The lowest BCUT2D eigenvalue weighted by Gasteiger charge is -2.04. The van der Waals surface area contributed by atoms with Crippen molar-refractivity contribution in [2.24, 2.45) is 0 Å². The van der Waals surface area contributed by atoms with Crippen molar-refractivity contribution >= 4 is 55.8 Å². The normalized spacial score (nSPS) is 14.0. The SMILES string of the molecule is O=C(Nc1nc2c(s1)C(=O)NCCC2)c1cc(Br)ccc1Cl. The van der Waals surface area contributed by atoms with E-state index in [0.29, 0.717) is 27.1 Å². The van der Waals surface area contributed by atoms with Crippen LogP contribution in [0.2, 0.25) is 5.02 Å². The Labute approximate surface area is 144 Å². The molecule has 5 nitrogen and oxygen atoms in total. The number of thiazole rings is 1. The molecule has 0 unspecified atom stereocenters. The fourth-order valence-electron chi connectivity index (χ4n) is 2.13. The van der Waals surface area contributed by atoms with Crippen LogP contribution in [-0.4, -0.2) is 23.3 Å². The first-order chi connectivity index (χ1) is 10.5. The van der Waals surface area contributed by atoms with E-state index in [9.17, 15) is 9.59 Å². The number of benzene rings is 1. The van der Waals surface area contributed by atoms with Gasteiger partial charge in [0.2, 0.25) is 0 Å². The first-order valence-corrected chi connectivity index (χ1v) is 8.57. The molecule has 0 bridgehead atoms. The van der Waals surface area contributed by atoms with E-state index in [1.807, 2.05) is 0 Å². The second-order valence-corrected chi connectivity index (χ2v) is 7.05. The molecule has 0 radical (unpaired) electrons. The Balaban J connectivity index is 1.84. The highest BCUT2D eigenvalue weighted by molar-refractivity contribution is 9.10. The van der Waals surface area contributed by atoms with Crippen LogP contribution < -0.4 is 10.6 Å². The zero-order valence-corrected chi connectivity index (χ0v) is 14.4. The number of carbonyl (C=O) groups excluding carboxylic acids is 2. The molecule has 22 heavy (non-hydrogen) atoms. The average Bonchev–Trinajstić information content (AvgIpc) is 2.81. The number of aryl methyl sites for hydroxylation is 1. The van der Waals surface area contributed by atoms with Crippen LogP contribution >= 0.6 is 38.9 Å². The number of hydrogen-bond acceptors (Lipinski definition) is 4. The van der Waals surface area contributed by atoms with Crippen LogP contribution in [0, 0.1) is 0 Å². The van der Waals surface area contributed by atoms with Gasteiger partial charge in [0, 0.05) is 11.0 Å². The topological polar surface area (TPSA) is 71.1 Å². The van der Waals surface area contributed by atoms with Gasteiger partial charge in [-0.1, -0.05) is 38.9 Å². The van der Waals surface area contributed by atoms with Crippen molar-refractivity contribution in [1.29, 1.82) is 0 Å². The van der Waals surface area contributed by atoms with E-state index >= 15 is 0 Å². The van der Waals surface area contributed by atoms with Gasteiger partial charge >= 0.3 is 0 Å². The number of anilines is 1. The summed E-state index contributed by atoms with van der Waals surface area (Å²) in [4.78, 5) is 29.1. The van der Waals surface area contributed by atoms with Crippen LogP contribution in [0.4, 0.5) is 5.13 Å². The van der Waals surface area contributed by atoms with Crippen LogP contribution in [-0.2, 0) is 6.42 Å². The van der Waals surface area contributed by atoms with Gasteiger partial charge in [-0.2, -0.15) is 0 Å². The van der Waals surface area contributed by atoms with Crippen LogP contribution in [0.15, 0.2) is 22.7 Å². The second-order valence-electron chi connectivity index (χ2n) is 4.73. The Morgan fingerprint density at radius 3 is 3.09 bits per heavy atom. The quantitative estimate of drug-likeness (QED) is 0.810. The molecule has 0 atom stereocenters. The highest BCUT2D eigenvalue weighted by Gasteiger charge is 2.22. The van der Waals surface area contributed by atoms with E-state index in [-0.39, 0.29) is 11.8 Å². The fourth-order valence-corrected chi connectivity index (χ4v) is 3.61. The van der Waals surface area contributed by atoms with Gasteiger partial charge in [0.1, 0.15) is 4.88 Å². The smallest absolute Gasteiger partial charge is 0.263 e. The van der Waals surface area contributed by atoms with Gasteiger partial charge in [0.15, 0.2) is 5.13 Å². The van der Waals surface area contributed by atoms with Gasteiger partial charge in [-0.05, 0) is 31.0 Å². The minimum Gasteiger partial charge on any atom is -0.351 e. The highest BCUT2D eigenvalue weighted by atomic mass is 79.9. The summed E-state index contributed by atoms with van der Waals surface area (Å²) in [6.45, 7) is 0.650. The van der Waals surface area contributed by atoms with Crippen molar-refractivity contribution in [2.75, 3.05) is 11.9 Å². The van der Waals surface area contributed by atoms with Crippen molar-refractivity contribution in [1.82, 2.24) is 10.3 Å². The maximum absolute atomic E-state index is 12.3. The van der Waals surface area contributed by atoms with E-state index < -0.39 is 0 Å². The molecule has 0 fully saturated rings. The lowest BCUT2D eigenvalue weighted by Crippen LogP contribution is -2.21. The molecule has 1 aliphatic rings. The Morgan fingerprint density at radius 1 is 1.45 bits per heavy atom. The zero-order chi connectivity index (χ0) is 15.7. The third kappa shape index (κ3) is 3.16. The number of hydrogen-bond donors (Lipinski definition) is 2. The summed E-state index contributed by atoms with van der Waals surface area (Å²) in [5, 5.41) is 6.28. The Morgan fingerprint density at radius 2 is 2.27 bits per heavy atom. The number of amides is 2. The largest absolute Gasteiger partial charge is 0.351 e. The molecule has 2 N–H and O–H groups in total. The van der Waals surface area contributed by atoms with Crippen LogP contribution in [0.3, 0.4) is 0 Å². The van der Waals surface area contributed by atoms with Gasteiger partial charge in [0.25, 0.3) is 11.8 Å². The number of carbonyl (C=O) groups is 2. The maximum atomic E-state index is 12.3. The Kier molecular flexibility index (Phi) is 4.46. The molecule has 0 saturated carbocycles. The van der Waals surface area contributed by atoms with Crippen LogP contribution in [0.25, 0.3) is 0 Å². The summed E-state index contributed by atoms with van der Waals surface area (Å²) in [6, 6.07) is 5.04. The molecule has 8 heteroatoms. The van der Waals surface area contributed by atoms with Crippen LogP contribution in [0.1, 0.15) is 32.1 Å². The Bertz CT molecular complexity index is 763. The molecule has 1 aromatic carbocycles. The molecule has 114 valence electrons. The predicted molar refractivity (Wildman–Crippen MR) is 89.9 cm³/mol. The summed E-state index contributed by atoms with van der Waals surface area (Å²) >= 11 is 10.5. The number of nitrogens with zero attached hydrogens (tertiary/aromatic N) is 1. The minimum atomic E-state index is -0.351. The molecular formula is C14H11BrClN3O2S. The average molecular weight is 401 g/mol. The minimum absolute atomic E-state index is 0.133. The van der Waals surface area contributed by atoms with Crippen molar-refractivity contribution in [2.45, 2.75) is 12.8 Å². The maximum Gasteiger partial charge on any atom is 0.263 e.